The second-order valence-corrected chi connectivity index (χ2v) is 14.8. The van der Waals surface area contributed by atoms with E-state index in [1.54, 1.807) is 11.1 Å². The van der Waals surface area contributed by atoms with E-state index in [-0.39, 0.29) is 15.7 Å². The van der Waals surface area contributed by atoms with Crippen LogP contribution in [0.25, 0.3) is 11.1 Å². The fourth-order valence-corrected chi connectivity index (χ4v) is 8.69. The van der Waals surface area contributed by atoms with Crippen molar-refractivity contribution in [3.05, 3.63) is 59.7 Å². The van der Waals surface area contributed by atoms with E-state index in [0.29, 0.717) is 5.66 Å². The minimum atomic E-state index is 0.215. The number of rotatable bonds is 3. The molecular weight excluding hydrogens is 417 g/mol. The maximum Gasteiger partial charge on any atom is 0.0117 e. The van der Waals surface area contributed by atoms with Gasteiger partial charge in [-0.05, 0) is 77.5 Å². The highest BCUT2D eigenvalue weighted by atomic mass is 31.1. The van der Waals surface area contributed by atoms with Crippen molar-refractivity contribution in [2.45, 2.75) is 68.8 Å². The molecule has 0 nitrogen and oxygen atoms in total. The Kier molecular flexibility index (Phi) is 5.30. The van der Waals surface area contributed by atoms with Gasteiger partial charge >= 0.3 is 0 Å². The molecule has 0 radical (unpaired) electrons. The smallest absolute Gasteiger partial charge is 0.0117 e. The Morgan fingerprint density at radius 2 is 1.50 bits per heavy atom. The highest BCUT2D eigenvalue weighted by molar-refractivity contribution is 7.40. The lowest BCUT2D eigenvalue weighted by atomic mass is 9.46. The van der Waals surface area contributed by atoms with Crippen molar-refractivity contribution in [2.24, 2.45) is 23.2 Å². The summed E-state index contributed by atoms with van der Waals surface area (Å²) in [6.45, 7) is 7.15. The molecule has 0 aliphatic heterocycles. The van der Waals surface area contributed by atoms with Gasteiger partial charge in [0.25, 0.3) is 0 Å². The standard InChI is InChI=1S/C27H37P3/c1-25(2,3)24(28)22-10-9-20(19-7-5-4-6-8-19)14-23(22)26-15-17-11-18(16-26)13-21(12-17)27(26,29)30/h4-10,14,17-18,21,24H,11-13,15-16,28-30H2,1-3H3. The summed E-state index contributed by atoms with van der Waals surface area (Å²) in [6, 6.07) is 18.4. The number of hydrogen-bond acceptors (Lipinski definition) is 0. The van der Waals surface area contributed by atoms with Crippen LogP contribution in [0.3, 0.4) is 0 Å². The zero-order valence-electron chi connectivity index (χ0n) is 18.7. The van der Waals surface area contributed by atoms with Crippen LogP contribution in [0.15, 0.2) is 48.5 Å². The maximum atomic E-state index is 3.36. The highest BCUT2D eigenvalue weighted by Crippen LogP contribution is 2.71. The fraction of sp³-hybridized carbons (Fsp3) is 0.556. The number of hydrogen-bond donors (Lipinski definition) is 0. The molecule has 6 unspecified atom stereocenters. The van der Waals surface area contributed by atoms with E-state index in [9.17, 15) is 0 Å². The van der Waals surface area contributed by atoms with Crippen LogP contribution in [0.5, 0.6) is 0 Å². The van der Waals surface area contributed by atoms with Crippen LogP contribution in [0.4, 0.5) is 0 Å². The van der Waals surface area contributed by atoms with E-state index in [1.807, 2.05) is 0 Å². The van der Waals surface area contributed by atoms with E-state index < -0.39 is 0 Å². The molecule has 2 aromatic rings. The van der Waals surface area contributed by atoms with Crippen molar-refractivity contribution in [3.8, 4) is 11.1 Å². The molecule has 4 saturated carbocycles. The summed E-state index contributed by atoms with van der Waals surface area (Å²) in [4.78, 5) is 0.215. The molecule has 6 rings (SSSR count). The first-order chi connectivity index (χ1) is 14.1. The summed E-state index contributed by atoms with van der Waals surface area (Å²) >= 11 is 0. The molecule has 0 aromatic heterocycles. The van der Waals surface area contributed by atoms with Crippen molar-refractivity contribution < 1.29 is 0 Å². The molecule has 3 heteroatoms. The average molecular weight is 455 g/mol. The normalized spacial score (nSPS) is 32.9. The Morgan fingerprint density at radius 3 is 2.10 bits per heavy atom. The molecule has 0 spiro atoms. The van der Waals surface area contributed by atoms with Crippen LogP contribution in [0.1, 0.15) is 69.7 Å². The van der Waals surface area contributed by atoms with Gasteiger partial charge in [0.15, 0.2) is 0 Å². The first-order valence-electron chi connectivity index (χ1n) is 11.6. The van der Waals surface area contributed by atoms with E-state index in [4.69, 9.17) is 0 Å². The van der Waals surface area contributed by atoms with Crippen LogP contribution in [0, 0.1) is 23.2 Å². The van der Waals surface area contributed by atoms with Crippen LogP contribution >= 0.6 is 27.7 Å². The van der Waals surface area contributed by atoms with E-state index in [1.165, 1.54) is 43.2 Å². The summed E-state index contributed by atoms with van der Waals surface area (Å²) < 4.78 is 0. The summed E-state index contributed by atoms with van der Waals surface area (Å²) in [5.74, 6) is 2.66. The third-order valence-corrected chi connectivity index (χ3v) is 12.0. The van der Waals surface area contributed by atoms with Crippen molar-refractivity contribution in [3.63, 3.8) is 0 Å². The summed E-state index contributed by atoms with van der Waals surface area (Å²) in [6.07, 6.45) is 7.06. The van der Waals surface area contributed by atoms with Crippen molar-refractivity contribution >= 4 is 27.7 Å². The molecule has 4 bridgehead atoms. The molecule has 4 fully saturated rings. The van der Waals surface area contributed by atoms with Gasteiger partial charge in [-0.1, -0.05) is 69.3 Å². The first-order valence-corrected chi connectivity index (χ1v) is 13.5. The third kappa shape index (κ3) is 3.28. The summed E-state index contributed by atoms with van der Waals surface area (Å²) in [7, 11) is 9.93. The van der Waals surface area contributed by atoms with Crippen LogP contribution < -0.4 is 0 Å². The van der Waals surface area contributed by atoms with Gasteiger partial charge in [-0.2, -0.15) is 0 Å². The van der Waals surface area contributed by atoms with Crippen molar-refractivity contribution in [1.29, 1.82) is 0 Å². The van der Waals surface area contributed by atoms with E-state index in [0.717, 1.165) is 17.8 Å². The Bertz CT molecular complexity index is 926. The predicted octanol–water partition coefficient (Wildman–Crippen LogP) is 7.84. The lowest BCUT2D eigenvalue weighted by Gasteiger charge is -2.66. The zero-order valence-corrected chi connectivity index (χ0v) is 22.2. The van der Waals surface area contributed by atoms with Gasteiger partial charge in [0.2, 0.25) is 0 Å². The molecule has 0 N–H and O–H groups in total. The highest BCUT2D eigenvalue weighted by Gasteiger charge is 2.62. The zero-order chi connectivity index (χ0) is 21.3. The van der Waals surface area contributed by atoms with Gasteiger partial charge in [-0.25, -0.2) is 0 Å². The quantitative estimate of drug-likeness (QED) is 0.415. The largest absolute Gasteiger partial charge is 0.129 e. The van der Waals surface area contributed by atoms with Gasteiger partial charge in [-0.15, -0.1) is 27.7 Å². The molecule has 0 amide bonds. The van der Waals surface area contributed by atoms with Gasteiger partial charge in [0.1, 0.15) is 0 Å². The van der Waals surface area contributed by atoms with Crippen LogP contribution in [-0.4, -0.2) is 4.90 Å². The molecule has 160 valence electrons. The lowest BCUT2D eigenvalue weighted by molar-refractivity contribution is -0.0110. The van der Waals surface area contributed by atoms with Gasteiger partial charge in [-0.3, -0.25) is 0 Å². The van der Waals surface area contributed by atoms with E-state index in [2.05, 4.69) is 97.0 Å². The lowest BCUT2D eigenvalue weighted by Crippen LogP contribution is -2.61. The molecule has 4 aliphatic rings. The molecule has 30 heavy (non-hydrogen) atoms. The summed E-state index contributed by atoms with van der Waals surface area (Å²) in [5.41, 5.74) is 6.85. The third-order valence-electron chi connectivity index (χ3n) is 8.63. The maximum absolute atomic E-state index is 3.36. The van der Waals surface area contributed by atoms with E-state index >= 15 is 0 Å². The van der Waals surface area contributed by atoms with Crippen LogP contribution in [-0.2, 0) is 5.41 Å². The SMILES string of the molecule is CC(C)(C)C(P)c1ccc(-c2ccccc2)cc1C12CC3CC(CC(C3)C1(P)P)C2. The minimum Gasteiger partial charge on any atom is -0.129 e. The summed E-state index contributed by atoms with van der Waals surface area (Å²) in [5, 5.41) is 0. The Morgan fingerprint density at radius 1 is 0.867 bits per heavy atom. The second kappa shape index (κ2) is 7.38. The molecule has 4 aliphatic carbocycles. The first kappa shape index (κ1) is 21.6. The Hall–Kier alpha value is -0.270. The minimum absolute atomic E-state index is 0.215. The topological polar surface area (TPSA) is 0 Å². The molecule has 6 atom stereocenters. The Labute approximate surface area is 190 Å². The monoisotopic (exact) mass is 454 g/mol. The average Bonchev–Trinajstić information content (AvgIpc) is 2.70. The molecular formula is C27H37P3. The van der Waals surface area contributed by atoms with Crippen molar-refractivity contribution in [2.75, 3.05) is 0 Å². The molecule has 0 heterocycles. The molecule has 0 saturated heterocycles. The molecule has 2 aromatic carbocycles. The second-order valence-electron chi connectivity index (χ2n) is 11.6. The van der Waals surface area contributed by atoms with Gasteiger partial charge in [0.05, 0.1) is 0 Å². The van der Waals surface area contributed by atoms with Crippen LogP contribution in [0.2, 0.25) is 0 Å². The fourth-order valence-electron chi connectivity index (χ4n) is 7.07. The van der Waals surface area contributed by atoms with Gasteiger partial charge in [0, 0.05) is 16.0 Å². The predicted molar refractivity (Wildman–Crippen MR) is 141 cm³/mol. The van der Waals surface area contributed by atoms with Crippen molar-refractivity contribution in [1.82, 2.24) is 0 Å². The van der Waals surface area contributed by atoms with Gasteiger partial charge < -0.3 is 0 Å². The Balaban J connectivity index is 1.72. The number of benzene rings is 2.